The summed E-state index contributed by atoms with van der Waals surface area (Å²) >= 11 is 5.95. The quantitative estimate of drug-likeness (QED) is 0.891. The number of alkyl halides is 3. The first-order valence-corrected chi connectivity index (χ1v) is 7.25. The second kappa shape index (κ2) is 6.03. The molecule has 0 radical (unpaired) electrons. The molecule has 126 valence electrons. The van der Waals surface area contributed by atoms with Gasteiger partial charge in [0, 0.05) is 23.7 Å². The molecule has 1 aromatic rings. The summed E-state index contributed by atoms with van der Waals surface area (Å²) in [5.41, 5.74) is 1.40. The fourth-order valence-corrected chi connectivity index (χ4v) is 2.95. The molecule has 1 aliphatic rings. The molecule has 8 heteroatoms. The lowest BCUT2D eigenvalue weighted by molar-refractivity contribution is -0.187. The summed E-state index contributed by atoms with van der Waals surface area (Å²) < 4.78 is 39.0. The van der Waals surface area contributed by atoms with Crippen molar-refractivity contribution in [2.75, 3.05) is 13.1 Å². The van der Waals surface area contributed by atoms with Crippen LogP contribution in [-0.4, -0.2) is 41.1 Å². The van der Waals surface area contributed by atoms with Gasteiger partial charge in [-0.3, -0.25) is 9.59 Å². The maximum absolute atomic E-state index is 13.0. The molecule has 0 aromatic heterocycles. The van der Waals surface area contributed by atoms with Crippen molar-refractivity contribution in [1.82, 2.24) is 4.90 Å². The zero-order valence-electron chi connectivity index (χ0n) is 12.4. The largest absolute Gasteiger partial charge is 0.481 e. The van der Waals surface area contributed by atoms with E-state index in [0.717, 1.165) is 4.90 Å². The smallest absolute Gasteiger partial charge is 0.394 e. The van der Waals surface area contributed by atoms with Crippen LogP contribution in [0.15, 0.2) is 12.1 Å². The number of aliphatic carboxylic acids is 1. The minimum absolute atomic E-state index is 0.235. The van der Waals surface area contributed by atoms with Gasteiger partial charge in [0.1, 0.15) is 0 Å². The molecule has 0 aliphatic carbocycles. The first-order valence-electron chi connectivity index (χ1n) is 6.88. The summed E-state index contributed by atoms with van der Waals surface area (Å²) in [7, 11) is 0. The van der Waals surface area contributed by atoms with Crippen molar-refractivity contribution in [2.24, 2.45) is 11.8 Å². The monoisotopic (exact) mass is 349 g/mol. The number of nitrogens with zero attached hydrogens (tertiary/aromatic N) is 1. The van der Waals surface area contributed by atoms with Gasteiger partial charge in [-0.2, -0.15) is 13.2 Å². The summed E-state index contributed by atoms with van der Waals surface area (Å²) in [5.74, 6) is -5.86. The number of rotatable bonds is 2. The third-order valence-corrected chi connectivity index (χ3v) is 4.49. The summed E-state index contributed by atoms with van der Waals surface area (Å²) in [4.78, 5) is 24.5. The Labute approximate surface area is 135 Å². The lowest BCUT2D eigenvalue weighted by Crippen LogP contribution is -2.34. The number of halogens is 4. The SMILES string of the molecule is Cc1cc(C(=O)N2C[C@H](C(=O)O)[C@@H](C(F)(F)F)C2)c(C)cc1Cl. The molecule has 4 nitrogen and oxygen atoms in total. The number of benzene rings is 1. The zero-order valence-corrected chi connectivity index (χ0v) is 13.2. The molecular weight excluding hydrogens is 335 g/mol. The van der Waals surface area contributed by atoms with E-state index in [1.165, 1.54) is 6.07 Å². The third kappa shape index (κ3) is 3.44. The molecule has 1 N–H and O–H groups in total. The van der Waals surface area contributed by atoms with Crippen LogP contribution in [0.4, 0.5) is 13.2 Å². The molecule has 1 fully saturated rings. The Morgan fingerprint density at radius 2 is 1.83 bits per heavy atom. The Kier molecular flexibility index (Phi) is 4.61. The highest BCUT2D eigenvalue weighted by Gasteiger charge is 2.53. The molecule has 2 rings (SSSR count). The first-order chi connectivity index (χ1) is 10.5. The van der Waals surface area contributed by atoms with Crippen LogP contribution in [0.1, 0.15) is 21.5 Å². The number of carbonyl (C=O) groups is 2. The van der Waals surface area contributed by atoms with Gasteiger partial charge in [0.2, 0.25) is 0 Å². The third-order valence-electron chi connectivity index (χ3n) is 4.08. The van der Waals surface area contributed by atoms with Crippen molar-refractivity contribution in [1.29, 1.82) is 0 Å². The number of carboxylic acids is 1. The van der Waals surface area contributed by atoms with E-state index in [1.807, 2.05) is 0 Å². The summed E-state index contributed by atoms with van der Waals surface area (Å²) in [6.07, 6.45) is -4.66. The number of carbonyl (C=O) groups excluding carboxylic acids is 1. The average Bonchev–Trinajstić information content (AvgIpc) is 2.87. The van der Waals surface area contributed by atoms with Gasteiger partial charge in [0.15, 0.2) is 0 Å². The standard InChI is InChI=1S/C15H15ClF3NO3/c1-7-4-12(16)8(2)3-9(7)13(21)20-5-10(14(22)23)11(6-20)15(17,18)19/h3-4,10-11H,5-6H2,1-2H3,(H,22,23)/t10-,11-/m0/s1. The summed E-state index contributed by atoms with van der Waals surface area (Å²) in [6, 6.07) is 3.08. The minimum atomic E-state index is -4.66. The number of aryl methyl sites for hydroxylation is 2. The van der Waals surface area contributed by atoms with Crippen LogP contribution in [0.5, 0.6) is 0 Å². The lowest BCUT2D eigenvalue weighted by Gasteiger charge is -2.19. The highest BCUT2D eigenvalue weighted by Crippen LogP contribution is 2.38. The molecule has 0 saturated carbocycles. The van der Waals surface area contributed by atoms with Gasteiger partial charge in [-0.05, 0) is 37.1 Å². The number of amides is 1. The maximum Gasteiger partial charge on any atom is 0.394 e. The molecule has 0 unspecified atom stereocenters. The Bertz CT molecular complexity index is 660. The molecule has 2 atom stereocenters. The van der Waals surface area contributed by atoms with Crippen LogP contribution in [0.2, 0.25) is 5.02 Å². The van der Waals surface area contributed by atoms with Crippen LogP contribution >= 0.6 is 11.6 Å². The van der Waals surface area contributed by atoms with Crippen LogP contribution in [0.25, 0.3) is 0 Å². The predicted molar refractivity (Wildman–Crippen MR) is 77.5 cm³/mol. The molecule has 1 heterocycles. The summed E-state index contributed by atoms with van der Waals surface area (Å²) in [6.45, 7) is 2.20. The van der Waals surface area contributed by atoms with Crippen molar-refractivity contribution >= 4 is 23.5 Å². The first kappa shape index (κ1) is 17.6. The van der Waals surface area contributed by atoms with Crippen molar-refractivity contribution in [2.45, 2.75) is 20.0 Å². The van der Waals surface area contributed by atoms with Crippen molar-refractivity contribution < 1.29 is 27.9 Å². The highest BCUT2D eigenvalue weighted by molar-refractivity contribution is 6.31. The van der Waals surface area contributed by atoms with E-state index in [2.05, 4.69) is 0 Å². The maximum atomic E-state index is 13.0. The molecular formula is C15H15ClF3NO3. The Balaban J connectivity index is 2.31. The summed E-state index contributed by atoms with van der Waals surface area (Å²) in [5, 5.41) is 9.45. The van der Waals surface area contributed by atoms with E-state index in [9.17, 15) is 22.8 Å². The van der Waals surface area contributed by atoms with Crippen molar-refractivity contribution in [3.63, 3.8) is 0 Å². The average molecular weight is 350 g/mol. The van der Waals surface area contributed by atoms with Gasteiger partial charge < -0.3 is 10.0 Å². The topological polar surface area (TPSA) is 57.6 Å². The van der Waals surface area contributed by atoms with E-state index < -0.39 is 43.0 Å². The Morgan fingerprint density at radius 1 is 1.22 bits per heavy atom. The van der Waals surface area contributed by atoms with E-state index >= 15 is 0 Å². The van der Waals surface area contributed by atoms with Crippen LogP contribution in [0, 0.1) is 25.7 Å². The lowest BCUT2D eigenvalue weighted by atomic mass is 9.96. The van der Waals surface area contributed by atoms with Crippen LogP contribution in [-0.2, 0) is 4.79 Å². The number of likely N-dealkylation sites (tertiary alicyclic amines) is 1. The predicted octanol–water partition coefficient (Wildman–Crippen LogP) is 3.29. The van der Waals surface area contributed by atoms with Gasteiger partial charge in [0.25, 0.3) is 5.91 Å². The second-order valence-corrected chi connectivity index (χ2v) is 6.13. The van der Waals surface area contributed by atoms with Gasteiger partial charge >= 0.3 is 12.1 Å². The Morgan fingerprint density at radius 3 is 2.30 bits per heavy atom. The number of hydrogen-bond donors (Lipinski definition) is 1. The Hall–Kier alpha value is -1.76. The molecule has 1 saturated heterocycles. The molecule has 0 bridgehead atoms. The number of hydrogen-bond acceptors (Lipinski definition) is 2. The van der Waals surface area contributed by atoms with E-state index in [4.69, 9.17) is 16.7 Å². The molecule has 1 aliphatic heterocycles. The van der Waals surface area contributed by atoms with Gasteiger partial charge in [0.05, 0.1) is 11.8 Å². The van der Waals surface area contributed by atoms with Crippen molar-refractivity contribution in [3.8, 4) is 0 Å². The fourth-order valence-electron chi connectivity index (χ4n) is 2.73. The highest BCUT2D eigenvalue weighted by atomic mass is 35.5. The van der Waals surface area contributed by atoms with E-state index in [1.54, 1.807) is 19.9 Å². The van der Waals surface area contributed by atoms with E-state index in [0.29, 0.717) is 16.1 Å². The molecule has 1 aromatic carbocycles. The van der Waals surface area contributed by atoms with Gasteiger partial charge in [-0.25, -0.2) is 0 Å². The molecule has 1 amide bonds. The van der Waals surface area contributed by atoms with Gasteiger partial charge in [-0.15, -0.1) is 0 Å². The fraction of sp³-hybridized carbons (Fsp3) is 0.467. The zero-order chi connectivity index (χ0) is 17.5. The van der Waals surface area contributed by atoms with Crippen LogP contribution < -0.4 is 0 Å². The molecule has 23 heavy (non-hydrogen) atoms. The number of carboxylic acid groups (broad SMARTS) is 1. The second-order valence-electron chi connectivity index (χ2n) is 5.72. The van der Waals surface area contributed by atoms with Gasteiger partial charge in [-0.1, -0.05) is 11.6 Å². The normalized spacial score (nSPS) is 21.6. The minimum Gasteiger partial charge on any atom is -0.481 e. The van der Waals surface area contributed by atoms with Crippen LogP contribution in [0.3, 0.4) is 0 Å². The van der Waals surface area contributed by atoms with Crippen molar-refractivity contribution in [3.05, 3.63) is 33.8 Å². The van der Waals surface area contributed by atoms with E-state index in [-0.39, 0.29) is 5.56 Å². The molecule has 0 spiro atoms.